The van der Waals surface area contributed by atoms with Crippen molar-refractivity contribution in [2.45, 2.75) is 19.7 Å². The highest BCUT2D eigenvalue weighted by Crippen LogP contribution is 2.36. The minimum atomic E-state index is -4.63. The predicted molar refractivity (Wildman–Crippen MR) is 48.8 cm³/mol. The van der Waals surface area contributed by atoms with E-state index in [1.54, 1.807) is 0 Å². The highest BCUT2D eigenvalue weighted by atomic mass is 19.4. The molecule has 0 aliphatic heterocycles. The molecule has 7 heteroatoms. The molecule has 16 heavy (non-hydrogen) atoms. The van der Waals surface area contributed by atoms with Gasteiger partial charge in [0, 0.05) is 11.6 Å². The normalized spacial score (nSPS) is 11.6. The molecule has 0 bridgehead atoms. The summed E-state index contributed by atoms with van der Waals surface area (Å²) in [6.45, 7) is 0.293. The number of nitro benzene ring substituents is 1. The summed E-state index contributed by atoms with van der Waals surface area (Å²) in [6.07, 6.45) is -4.63. The van der Waals surface area contributed by atoms with Crippen LogP contribution in [0.3, 0.4) is 0 Å². The van der Waals surface area contributed by atoms with Crippen molar-refractivity contribution in [3.05, 3.63) is 38.9 Å². The number of alkyl halides is 3. The summed E-state index contributed by atoms with van der Waals surface area (Å²) in [5.74, 6) is 0. The van der Waals surface area contributed by atoms with Crippen molar-refractivity contribution in [1.29, 1.82) is 0 Å². The Balaban J connectivity index is 3.47. The second kappa shape index (κ2) is 4.09. The second-order valence-corrected chi connectivity index (χ2v) is 3.15. The van der Waals surface area contributed by atoms with Crippen molar-refractivity contribution in [1.82, 2.24) is 0 Å². The molecule has 88 valence electrons. The van der Waals surface area contributed by atoms with E-state index < -0.39 is 34.5 Å². The second-order valence-electron chi connectivity index (χ2n) is 3.15. The summed E-state index contributed by atoms with van der Waals surface area (Å²) in [6, 6.07) is 1.40. The molecule has 0 aliphatic carbocycles. The van der Waals surface area contributed by atoms with Gasteiger partial charge >= 0.3 is 6.18 Å². The van der Waals surface area contributed by atoms with E-state index in [4.69, 9.17) is 5.11 Å². The van der Waals surface area contributed by atoms with Crippen molar-refractivity contribution in [2.75, 3.05) is 0 Å². The molecule has 0 saturated heterocycles. The van der Waals surface area contributed by atoms with E-state index >= 15 is 0 Å². The monoisotopic (exact) mass is 235 g/mol. The fraction of sp³-hybridized carbons (Fsp3) is 0.333. The number of hydrogen-bond acceptors (Lipinski definition) is 3. The lowest BCUT2D eigenvalue weighted by molar-refractivity contribution is -0.385. The van der Waals surface area contributed by atoms with Crippen molar-refractivity contribution in [3.63, 3.8) is 0 Å². The third-order valence-corrected chi connectivity index (χ3v) is 2.23. The van der Waals surface area contributed by atoms with Gasteiger partial charge in [-0.3, -0.25) is 10.1 Å². The molecular formula is C9H8F3NO3. The lowest BCUT2D eigenvalue weighted by atomic mass is 10.0. The van der Waals surface area contributed by atoms with Crippen LogP contribution in [0.2, 0.25) is 0 Å². The van der Waals surface area contributed by atoms with E-state index in [-0.39, 0.29) is 5.56 Å². The summed E-state index contributed by atoms with van der Waals surface area (Å²) in [5.41, 5.74) is -2.10. The van der Waals surface area contributed by atoms with Gasteiger partial charge in [-0.15, -0.1) is 0 Å². The molecule has 1 rings (SSSR count). The summed E-state index contributed by atoms with van der Waals surface area (Å²) in [4.78, 5) is 9.71. The van der Waals surface area contributed by atoms with Crippen LogP contribution in [-0.2, 0) is 12.8 Å². The van der Waals surface area contributed by atoms with E-state index in [0.29, 0.717) is 6.07 Å². The number of nitro groups is 1. The number of aliphatic hydroxyl groups excluding tert-OH is 1. The highest BCUT2D eigenvalue weighted by Gasteiger charge is 2.35. The molecule has 0 aliphatic rings. The van der Waals surface area contributed by atoms with Gasteiger partial charge in [-0.2, -0.15) is 13.2 Å². The molecule has 1 aromatic carbocycles. The zero-order valence-electron chi connectivity index (χ0n) is 8.21. The first-order chi connectivity index (χ1) is 7.29. The zero-order valence-corrected chi connectivity index (χ0v) is 8.21. The SMILES string of the molecule is Cc1c([N+](=O)[O-])ccc(C(F)(F)F)c1CO. The minimum absolute atomic E-state index is 0.165. The molecule has 0 radical (unpaired) electrons. The van der Waals surface area contributed by atoms with Crippen molar-refractivity contribution >= 4 is 5.69 Å². The topological polar surface area (TPSA) is 63.4 Å². The maximum Gasteiger partial charge on any atom is 0.416 e. The number of hydrogen-bond donors (Lipinski definition) is 1. The quantitative estimate of drug-likeness (QED) is 0.632. The molecule has 0 fully saturated rings. The third-order valence-electron chi connectivity index (χ3n) is 2.23. The Hall–Kier alpha value is -1.63. The van der Waals surface area contributed by atoms with Gasteiger partial charge in [0.15, 0.2) is 0 Å². The molecule has 0 heterocycles. The number of halogens is 3. The molecule has 0 saturated carbocycles. The van der Waals surface area contributed by atoms with Crippen LogP contribution in [0.15, 0.2) is 12.1 Å². The molecule has 1 aromatic rings. The Labute approximate surface area is 88.5 Å². The maximum atomic E-state index is 12.5. The first kappa shape index (κ1) is 12.4. The Morgan fingerprint density at radius 3 is 2.38 bits per heavy atom. The van der Waals surface area contributed by atoms with E-state index in [0.717, 1.165) is 6.07 Å². The molecule has 4 nitrogen and oxygen atoms in total. The van der Waals surface area contributed by atoms with Crippen LogP contribution in [0.5, 0.6) is 0 Å². The fourth-order valence-corrected chi connectivity index (χ4v) is 1.41. The molecule has 0 amide bonds. The largest absolute Gasteiger partial charge is 0.416 e. The Morgan fingerprint density at radius 1 is 1.44 bits per heavy atom. The average molecular weight is 235 g/mol. The molecular weight excluding hydrogens is 227 g/mol. The van der Waals surface area contributed by atoms with E-state index in [1.165, 1.54) is 6.92 Å². The summed E-state index contributed by atoms with van der Waals surface area (Å²) >= 11 is 0. The Morgan fingerprint density at radius 2 is 2.00 bits per heavy atom. The molecule has 1 N–H and O–H groups in total. The van der Waals surface area contributed by atoms with Gasteiger partial charge < -0.3 is 5.11 Å². The van der Waals surface area contributed by atoms with Gasteiger partial charge in [0.25, 0.3) is 5.69 Å². The number of nitrogens with zero attached hydrogens (tertiary/aromatic N) is 1. The van der Waals surface area contributed by atoms with Crippen LogP contribution in [0.25, 0.3) is 0 Å². The Bertz CT molecular complexity index is 429. The van der Waals surface area contributed by atoms with Crippen LogP contribution >= 0.6 is 0 Å². The van der Waals surface area contributed by atoms with Crippen LogP contribution < -0.4 is 0 Å². The van der Waals surface area contributed by atoms with Gasteiger partial charge in [-0.25, -0.2) is 0 Å². The van der Waals surface area contributed by atoms with Crippen molar-refractivity contribution in [3.8, 4) is 0 Å². The molecule has 0 unspecified atom stereocenters. The van der Waals surface area contributed by atoms with Gasteiger partial charge in [0.2, 0.25) is 0 Å². The van der Waals surface area contributed by atoms with Crippen LogP contribution in [0, 0.1) is 17.0 Å². The zero-order chi connectivity index (χ0) is 12.5. The van der Waals surface area contributed by atoms with Gasteiger partial charge in [-0.1, -0.05) is 0 Å². The molecule has 0 atom stereocenters. The summed E-state index contributed by atoms with van der Waals surface area (Å²) in [5, 5.41) is 19.3. The maximum absolute atomic E-state index is 12.5. The van der Waals surface area contributed by atoms with E-state index in [1.807, 2.05) is 0 Å². The summed E-state index contributed by atoms with van der Waals surface area (Å²) < 4.78 is 37.4. The number of benzene rings is 1. The first-order valence-corrected chi connectivity index (χ1v) is 4.24. The molecule has 0 spiro atoms. The Kier molecular flexibility index (Phi) is 3.18. The fourth-order valence-electron chi connectivity index (χ4n) is 1.41. The first-order valence-electron chi connectivity index (χ1n) is 4.24. The van der Waals surface area contributed by atoms with Gasteiger partial charge in [-0.05, 0) is 18.6 Å². The molecule has 0 aromatic heterocycles. The van der Waals surface area contributed by atoms with Crippen molar-refractivity contribution in [2.24, 2.45) is 0 Å². The predicted octanol–water partition coefficient (Wildman–Crippen LogP) is 2.41. The van der Waals surface area contributed by atoms with Crippen LogP contribution in [0.4, 0.5) is 18.9 Å². The van der Waals surface area contributed by atoms with Crippen LogP contribution in [-0.4, -0.2) is 10.0 Å². The lowest BCUT2D eigenvalue weighted by Gasteiger charge is -2.13. The smallest absolute Gasteiger partial charge is 0.392 e. The number of rotatable bonds is 2. The highest BCUT2D eigenvalue weighted by molar-refractivity contribution is 5.49. The summed E-state index contributed by atoms with van der Waals surface area (Å²) in [7, 11) is 0. The standard InChI is InChI=1S/C9H8F3NO3/c1-5-6(4-14)7(9(10,11)12)2-3-8(5)13(15)16/h2-3,14H,4H2,1H3. The van der Waals surface area contributed by atoms with Gasteiger partial charge in [0.1, 0.15) is 0 Å². The number of aliphatic hydroxyl groups is 1. The van der Waals surface area contributed by atoms with Gasteiger partial charge in [0.05, 0.1) is 17.1 Å². The third kappa shape index (κ3) is 2.13. The minimum Gasteiger partial charge on any atom is -0.392 e. The lowest BCUT2D eigenvalue weighted by Crippen LogP contribution is -2.11. The van der Waals surface area contributed by atoms with E-state index in [9.17, 15) is 23.3 Å². The average Bonchev–Trinajstić information content (AvgIpc) is 2.15. The van der Waals surface area contributed by atoms with E-state index in [2.05, 4.69) is 0 Å². The van der Waals surface area contributed by atoms with Crippen molar-refractivity contribution < 1.29 is 23.2 Å². The van der Waals surface area contributed by atoms with Crippen LogP contribution in [0.1, 0.15) is 16.7 Å².